The summed E-state index contributed by atoms with van der Waals surface area (Å²) in [6, 6.07) is 0. The molecule has 0 fully saturated rings. The zero-order chi connectivity index (χ0) is 17.7. The van der Waals surface area contributed by atoms with Crippen molar-refractivity contribution in [2.24, 2.45) is 0 Å². The van der Waals surface area contributed by atoms with E-state index < -0.39 is 0 Å². The number of carbonyl (C=O) groups is 4. The molecule has 0 unspecified atom stereocenters. The largest absolute Gasteiger partial charge is 0.356 e. The quantitative estimate of drug-likeness (QED) is 0.573. The Bertz CT molecular complexity index is 408. The number of imide groups is 1. The SMILES string of the molecule is C=CC(=O)N(C)C(C)=O.CCC(=O)NCCCN(C)C(C)=O. The number of likely N-dealkylation sites (N-methyl/N-ethyl adjacent to an activating group) is 1. The Morgan fingerprint density at radius 1 is 1.09 bits per heavy atom. The summed E-state index contributed by atoms with van der Waals surface area (Å²) in [5.41, 5.74) is 0. The Kier molecular flexibility index (Phi) is 12.6. The van der Waals surface area contributed by atoms with E-state index >= 15 is 0 Å². The second-order valence-electron chi connectivity index (χ2n) is 4.62. The number of carbonyl (C=O) groups excluding carboxylic acids is 4. The summed E-state index contributed by atoms with van der Waals surface area (Å²) in [7, 11) is 3.16. The monoisotopic (exact) mass is 313 g/mol. The summed E-state index contributed by atoms with van der Waals surface area (Å²) in [6.07, 6.45) is 2.42. The van der Waals surface area contributed by atoms with Crippen LogP contribution in [0.3, 0.4) is 0 Å². The van der Waals surface area contributed by atoms with Crippen LogP contribution in [0.1, 0.15) is 33.6 Å². The third kappa shape index (κ3) is 11.6. The molecule has 0 saturated heterocycles. The van der Waals surface area contributed by atoms with Crippen LogP contribution in [0.5, 0.6) is 0 Å². The van der Waals surface area contributed by atoms with Crippen molar-refractivity contribution >= 4 is 23.6 Å². The van der Waals surface area contributed by atoms with Gasteiger partial charge in [0.15, 0.2) is 0 Å². The van der Waals surface area contributed by atoms with Crippen molar-refractivity contribution < 1.29 is 19.2 Å². The van der Waals surface area contributed by atoms with Gasteiger partial charge in [0, 0.05) is 47.5 Å². The van der Waals surface area contributed by atoms with Crippen LogP contribution in [-0.4, -0.2) is 60.6 Å². The van der Waals surface area contributed by atoms with Crippen molar-refractivity contribution in [1.29, 1.82) is 0 Å². The van der Waals surface area contributed by atoms with Gasteiger partial charge in [-0.2, -0.15) is 0 Å². The highest BCUT2D eigenvalue weighted by atomic mass is 16.2. The molecular weight excluding hydrogens is 286 g/mol. The summed E-state index contributed by atoms with van der Waals surface area (Å²) in [5.74, 6) is -0.533. The summed E-state index contributed by atoms with van der Waals surface area (Å²) < 4.78 is 0. The number of rotatable bonds is 6. The van der Waals surface area contributed by atoms with E-state index in [9.17, 15) is 19.2 Å². The molecule has 0 heterocycles. The molecule has 0 aromatic rings. The molecule has 4 amide bonds. The highest BCUT2D eigenvalue weighted by Gasteiger charge is 2.06. The first-order valence-electron chi connectivity index (χ1n) is 7.06. The molecule has 7 heteroatoms. The summed E-state index contributed by atoms with van der Waals surface area (Å²) in [4.78, 5) is 45.1. The van der Waals surface area contributed by atoms with E-state index in [2.05, 4.69) is 11.9 Å². The number of nitrogens with one attached hydrogen (secondary N) is 1. The highest BCUT2D eigenvalue weighted by Crippen LogP contribution is 1.87. The van der Waals surface area contributed by atoms with Gasteiger partial charge in [-0.25, -0.2) is 0 Å². The zero-order valence-corrected chi connectivity index (χ0v) is 14.1. The molecule has 0 aliphatic carbocycles. The van der Waals surface area contributed by atoms with E-state index in [-0.39, 0.29) is 23.6 Å². The topological polar surface area (TPSA) is 86.8 Å². The van der Waals surface area contributed by atoms with Gasteiger partial charge in [0.05, 0.1) is 0 Å². The van der Waals surface area contributed by atoms with Gasteiger partial charge in [0.1, 0.15) is 0 Å². The van der Waals surface area contributed by atoms with Crippen molar-refractivity contribution in [3.63, 3.8) is 0 Å². The van der Waals surface area contributed by atoms with Crippen LogP contribution in [0.4, 0.5) is 0 Å². The minimum absolute atomic E-state index is 0.0572. The molecule has 0 aliphatic rings. The van der Waals surface area contributed by atoms with Gasteiger partial charge in [-0.1, -0.05) is 13.5 Å². The van der Waals surface area contributed by atoms with Crippen LogP contribution >= 0.6 is 0 Å². The van der Waals surface area contributed by atoms with Crippen molar-refractivity contribution in [3.05, 3.63) is 12.7 Å². The fourth-order valence-electron chi connectivity index (χ4n) is 1.12. The van der Waals surface area contributed by atoms with E-state index in [4.69, 9.17) is 0 Å². The number of amides is 4. The summed E-state index contributed by atoms with van der Waals surface area (Å²) in [6.45, 7) is 9.23. The Balaban J connectivity index is 0. The van der Waals surface area contributed by atoms with Gasteiger partial charge < -0.3 is 10.2 Å². The number of hydrogen-bond donors (Lipinski definition) is 1. The van der Waals surface area contributed by atoms with Gasteiger partial charge in [0.25, 0.3) is 5.91 Å². The van der Waals surface area contributed by atoms with Gasteiger partial charge in [-0.15, -0.1) is 0 Å². The Morgan fingerprint density at radius 2 is 1.64 bits per heavy atom. The molecule has 0 bridgehead atoms. The third-order valence-corrected chi connectivity index (χ3v) is 2.83. The molecule has 1 N–H and O–H groups in total. The Labute approximate surface area is 132 Å². The van der Waals surface area contributed by atoms with Gasteiger partial charge in [-0.05, 0) is 12.5 Å². The lowest BCUT2D eigenvalue weighted by Gasteiger charge is -2.14. The smallest absolute Gasteiger partial charge is 0.252 e. The Hall–Kier alpha value is -2.18. The second-order valence-corrected chi connectivity index (χ2v) is 4.62. The van der Waals surface area contributed by atoms with Gasteiger partial charge in [-0.3, -0.25) is 24.1 Å². The van der Waals surface area contributed by atoms with Gasteiger partial charge >= 0.3 is 0 Å². The van der Waals surface area contributed by atoms with Crippen LogP contribution < -0.4 is 5.32 Å². The van der Waals surface area contributed by atoms with Crippen molar-refractivity contribution in [3.8, 4) is 0 Å². The van der Waals surface area contributed by atoms with Crippen LogP contribution in [-0.2, 0) is 19.2 Å². The molecule has 0 aromatic heterocycles. The highest BCUT2D eigenvalue weighted by molar-refractivity contribution is 5.99. The standard InChI is InChI=1S/C9H18N2O2.C6H9NO2/c1-4-9(13)10-6-5-7-11(3)8(2)12;1-4-6(9)7(3)5(2)8/h4-7H2,1-3H3,(H,10,13);4H,1H2,2-3H3. The van der Waals surface area contributed by atoms with Crippen LogP contribution in [0.25, 0.3) is 0 Å². The maximum Gasteiger partial charge on any atom is 0.252 e. The lowest BCUT2D eigenvalue weighted by atomic mass is 10.3. The van der Waals surface area contributed by atoms with E-state index in [1.54, 1.807) is 11.9 Å². The van der Waals surface area contributed by atoms with Crippen molar-refractivity contribution in [2.45, 2.75) is 33.6 Å². The third-order valence-electron chi connectivity index (χ3n) is 2.83. The predicted molar refractivity (Wildman–Crippen MR) is 84.9 cm³/mol. The minimum atomic E-state index is -0.373. The fraction of sp³-hybridized carbons (Fsp3) is 0.600. The maximum atomic E-state index is 10.8. The summed E-state index contributed by atoms with van der Waals surface area (Å²) in [5, 5.41) is 2.75. The molecule has 0 atom stereocenters. The lowest BCUT2D eigenvalue weighted by molar-refractivity contribution is -0.138. The predicted octanol–water partition coefficient (Wildman–Crippen LogP) is 0.558. The molecule has 0 saturated carbocycles. The van der Waals surface area contributed by atoms with Crippen LogP contribution in [0.2, 0.25) is 0 Å². The van der Waals surface area contributed by atoms with E-state index in [0.717, 1.165) is 17.4 Å². The molecule has 0 aromatic carbocycles. The lowest BCUT2D eigenvalue weighted by Crippen LogP contribution is -2.29. The van der Waals surface area contributed by atoms with Gasteiger partial charge in [0.2, 0.25) is 17.7 Å². The fourth-order valence-corrected chi connectivity index (χ4v) is 1.12. The first kappa shape index (κ1) is 22.1. The molecule has 7 nitrogen and oxygen atoms in total. The number of nitrogens with zero attached hydrogens (tertiary/aromatic N) is 2. The average Bonchev–Trinajstić information content (AvgIpc) is 2.49. The van der Waals surface area contributed by atoms with Crippen molar-refractivity contribution in [1.82, 2.24) is 15.1 Å². The molecule has 0 aliphatic heterocycles. The van der Waals surface area contributed by atoms with Crippen molar-refractivity contribution in [2.75, 3.05) is 27.2 Å². The van der Waals surface area contributed by atoms with Crippen LogP contribution in [0, 0.1) is 0 Å². The minimum Gasteiger partial charge on any atom is -0.356 e. The first-order valence-corrected chi connectivity index (χ1v) is 7.06. The zero-order valence-electron chi connectivity index (χ0n) is 14.1. The number of hydrogen-bond acceptors (Lipinski definition) is 4. The maximum absolute atomic E-state index is 10.8. The molecule has 0 radical (unpaired) electrons. The molecule has 126 valence electrons. The van der Waals surface area contributed by atoms with E-state index in [1.165, 1.54) is 20.9 Å². The van der Waals surface area contributed by atoms with Crippen LogP contribution in [0.15, 0.2) is 12.7 Å². The molecule has 0 spiro atoms. The first-order chi connectivity index (χ1) is 10.2. The van der Waals surface area contributed by atoms with E-state index in [1.807, 2.05) is 6.92 Å². The normalized spacial score (nSPS) is 8.95. The molecule has 0 rings (SSSR count). The second kappa shape index (κ2) is 12.6. The summed E-state index contributed by atoms with van der Waals surface area (Å²) >= 11 is 0. The molecule has 22 heavy (non-hydrogen) atoms. The average molecular weight is 313 g/mol. The van der Waals surface area contributed by atoms with E-state index in [0.29, 0.717) is 19.5 Å². The Morgan fingerprint density at radius 3 is 1.95 bits per heavy atom. The molecular formula is C15H27N3O4.